The van der Waals surface area contributed by atoms with E-state index in [9.17, 15) is 9.59 Å². The van der Waals surface area contributed by atoms with E-state index in [0.717, 1.165) is 11.1 Å². The van der Waals surface area contributed by atoms with Crippen molar-refractivity contribution in [3.63, 3.8) is 0 Å². The lowest BCUT2D eigenvalue weighted by Gasteiger charge is -2.05. The minimum Gasteiger partial charge on any atom is -0.423 e. The number of aryl methyl sites for hydroxylation is 1. The molecule has 6 nitrogen and oxygen atoms in total. The van der Waals surface area contributed by atoms with E-state index < -0.39 is 5.97 Å². The number of nitrogens with zero attached hydrogens (tertiary/aromatic N) is 2. The summed E-state index contributed by atoms with van der Waals surface area (Å²) in [6.45, 7) is 1.95. The summed E-state index contributed by atoms with van der Waals surface area (Å²) in [4.78, 5) is 28.0. The summed E-state index contributed by atoms with van der Waals surface area (Å²) < 4.78 is 6.05. The number of pyridine rings is 1. The summed E-state index contributed by atoms with van der Waals surface area (Å²) in [5, 5.41) is 3.92. The topological polar surface area (TPSA) is 80.6 Å². The number of hydrazone groups is 1. The van der Waals surface area contributed by atoms with Gasteiger partial charge >= 0.3 is 5.97 Å². The van der Waals surface area contributed by atoms with Crippen LogP contribution in [0.3, 0.4) is 0 Å². The van der Waals surface area contributed by atoms with E-state index in [0.29, 0.717) is 21.3 Å². The highest BCUT2D eigenvalue weighted by atomic mass is 79.9. The number of rotatable bonds is 5. The maximum absolute atomic E-state index is 12.1. The SMILES string of the molecule is Cc1ccc(C(=O)Oc2ccc(C=NNC(=O)c3cncc(Br)c3)cc2)cc1. The van der Waals surface area contributed by atoms with Gasteiger partial charge in [-0.05, 0) is 70.9 Å². The molecule has 0 unspecified atom stereocenters. The van der Waals surface area contributed by atoms with Crippen LogP contribution in [-0.2, 0) is 0 Å². The van der Waals surface area contributed by atoms with Gasteiger partial charge in [0.2, 0.25) is 0 Å². The van der Waals surface area contributed by atoms with Crippen LogP contribution in [-0.4, -0.2) is 23.1 Å². The highest BCUT2D eigenvalue weighted by Crippen LogP contribution is 2.14. The molecule has 3 rings (SSSR count). The second-order valence-corrected chi connectivity index (χ2v) is 6.83. The molecule has 0 saturated carbocycles. The molecule has 2 aromatic carbocycles. The first-order valence-corrected chi connectivity index (χ1v) is 9.13. The number of amides is 1. The molecule has 1 aromatic heterocycles. The quantitative estimate of drug-likeness (QED) is 0.281. The molecule has 28 heavy (non-hydrogen) atoms. The lowest BCUT2D eigenvalue weighted by molar-refractivity contribution is 0.0734. The second kappa shape index (κ2) is 9.05. The molecule has 0 atom stereocenters. The van der Waals surface area contributed by atoms with Gasteiger partial charge in [-0.3, -0.25) is 9.78 Å². The van der Waals surface area contributed by atoms with Crippen LogP contribution in [0.15, 0.2) is 76.6 Å². The molecule has 140 valence electrons. The molecular formula is C21H16BrN3O3. The van der Waals surface area contributed by atoms with Gasteiger partial charge in [0, 0.05) is 16.9 Å². The van der Waals surface area contributed by atoms with Gasteiger partial charge in [0.05, 0.1) is 17.3 Å². The Hall–Kier alpha value is -3.32. The number of carbonyl (C=O) groups is 2. The molecule has 0 aliphatic rings. The van der Waals surface area contributed by atoms with E-state index in [4.69, 9.17) is 4.74 Å². The number of esters is 1. The van der Waals surface area contributed by atoms with E-state index >= 15 is 0 Å². The van der Waals surface area contributed by atoms with Crippen LogP contribution in [0.2, 0.25) is 0 Å². The zero-order valence-electron chi connectivity index (χ0n) is 14.9. The molecule has 0 aliphatic carbocycles. The first-order valence-electron chi connectivity index (χ1n) is 8.34. The Balaban J connectivity index is 1.56. The van der Waals surface area contributed by atoms with Crippen molar-refractivity contribution >= 4 is 34.0 Å². The molecule has 0 spiro atoms. The van der Waals surface area contributed by atoms with E-state index in [2.05, 4.69) is 31.4 Å². The molecule has 0 saturated heterocycles. The molecule has 0 fully saturated rings. The third-order valence-corrected chi connectivity index (χ3v) is 4.16. The van der Waals surface area contributed by atoms with Crippen molar-refractivity contribution in [3.05, 3.63) is 93.7 Å². The van der Waals surface area contributed by atoms with Gasteiger partial charge < -0.3 is 4.74 Å². The van der Waals surface area contributed by atoms with E-state index in [1.165, 1.54) is 12.4 Å². The molecule has 0 radical (unpaired) electrons. The number of ether oxygens (including phenoxy) is 1. The van der Waals surface area contributed by atoms with Crippen molar-refractivity contribution in [2.45, 2.75) is 6.92 Å². The summed E-state index contributed by atoms with van der Waals surface area (Å²) in [7, 11) is 0. The Bertz CT molecular complexity index is 1020. The standard InChI is InChI=1S/C21H16BrN3O3/c1-14-2-6-16(7-3-14)21(27)28-19-8-4-15(5-9-19)11-24-25-20(26)17-10-18(22)13-23-12-17/h2-13H,1H3,(H,25,26). The Kier molecular flexibility index (Phi) is 6.29. The molecule has 1 N–H and O–H groups in total. The van der Waals surface area contributed by atoms with Crippen molar-refractivity contribution in [3.8, 4) is 5.75 Å². The number of hydrogen-bond donors (Lipinski definition) is 1. The van der Waals surface area contributed by atoms with Crippen LogP contribution >= 0.6 is 15.9 Å². The number of halogens is 1. The zero-order chi connectivity index (χ0) is 19.9. The Labute approximate surface area is 170 Å². The van der Waals surface area contributed by atoms with Crippen LogP contribution in [0.25, 0.3) is 0 Å². The van der Waals surface area contributed by atoms with Crippen molar-refractivity contribution in [1.82, 2.24) is 10.4 Å². The lowest BCUT2D eigenvalue weighted by Crippen LogP contribution is -2.17. The van der Waals surface area contributed by atoms with Crippen LogP contribution in [0.5, 0.6) is 5.75 Å². The lowest BCUT2D eigenvalue weighted by atomic mass is 10.1. The number of benzene rings is 2. The van der Waals surface area contributed by atoms with Gasteiger partial charge in [0.1, 0.15) is 5.75 Å². The van der Waals surface area contributed by atoms with Crippen molar-refractivity contribution in [2.75, 3.05) is 0 Å². The first-order chi connectivity index (χ1) is 13.5. The van der Waals surface area contributed by atoms with E-state index in [-0.39, 0.29) is 5.91 Å². The molecule has 0 aliphatic heterocycles. The fourth-order valence-corrected chi connectivity index (χ4v) is 2.61. The highest BCUT2D eigenvalue weighted by Gasteiger charge is 2.08. The number of hydrogen-bond acceptors (Lipinski definition) is 5. The predicted molar refractivity (Wildman–Crippen MR) is 110 cm³/mol. The van der Waals surface area contributed by atoms with Crippen LogP contribution in [0.4, 0.5) is 0 Å². The van der Waals surface area contributed by atoms with Crippen molar-refractivity contribution in [1.29, 1.82) is 0 Å². The van der Waals surface area contributed by atoms with Crippen LogP contribution in [0, 0.1) is 6.92 Å². The number of nitrogens with one attached hydrogen (secondary N) is 1. The average molecular weight is 438 g/mol. The number of aromatic nitrogens is 1. The van der Waals surface area contributed by atoms with E-state index in [1.54, 1.807) is 48.7 Å². The van der Waals surface area contributed by atoms with Gasteiger partial charge in [-0.25, -0.2) is 10.2 Å². The second-order valence-electron chi connectivity index (χ2n) is 5.92. The molecule has 3 aromatic rings. The molecule has 1 amide bonds. The Morgan fingerprint density at radius 2 is 1.75 bits per heavy atom. The summed E-state index contributed by atoms with van der Waals surface area (Å²) in [5.74, 6) is -0.364. The summed E-state index contributed by atoms with van der Waals surface area (Å²) in [6.07, 6.45) is 4.54. The number of carbonyl (C=O) groups excluding carboxylic acids is 2. The zero-order valence-corrected chi connectivity index (χ0v) is 16.5. The monoisotopic (exact) mass is 437 g/mol. The molecule has 1 heterocycles. The smallest absolute Gasteiger partial charge is 0.343 e. The molecule has 0 bridgehead atoms. The third kappa shape index (κ3) is 5.34. The fourth-order valence-electron chi connectivity index (χ4n) is 2.24. The van der Waals surface area contributed by atoms with Gasteiger partial charge in [0.15, 0.2) is 0 Å². The van der Waals surface area contributed by atoms with Gasteiger partial charge in [-0.1, -0.05) is 17.7 Å². The molecular weight excluding hydrogens is 422 g/mol. The minimum absolute atomic E-state index is 0.367. The third-order valence-electron chi connectivity index (χ3n) is 3.72. The average Bonchev–Trinajstić information content (AvgIpc) is 2.69. The molecule has 7 heteroatoms. The normalized spacial score (nSPS) is 10.6. The van der Waals surface area contributed by atoms with Gasteiger partial charge in [-0.15, -0.1) is 0 Å². The highest BCUT2D eigenvalue weighted by molar-refractivity contribution is 9.10. The van der Waals surface area contributed by atoms with Gasteiger partial charge in [-0.2, -0.15) is 5.10 Å². The predicted octanol–water partition coefficient (Wildman–Crippen LogP) is 4.14. The van der Waals surface area contributed by atoms with E-state index in [1.807, 2.05) is 19.1 Å². The largest absolute Gasteiger partial charge is 0.423 e. The summed E-state index contributed by atoms with van der Waals surface area (Å²) in [5.41, 5.74) is 5.12. The summed E-state index contributed by atoms with van der Waals surface area (Å²) in [6, 6.07) is 15.6. The first kappa shape index (κ1) is 19.4. The fraction of sp³-hybridized carbons (Fsp3) is 0.0476. The van der Waals surface area contributed by atoms with Gasteiger partial charge in [0.25, 0.3) is 5.91 Å². The van der Waals surface area contributed by atoms with Crippen LogP contribution in [0.1, 0.15) is 31.8 Å². The minimum atomic E-state index is -0.420. The maximum Gasteiger partial charge on any atom is 0.343 e. The van der Waals surface area contributed by atoms with Crippen molar-refractivity contribution < 1.29 is 14.3 Å². The van der Waals surface area contributed by atoms with Crippen molar-refractivity contribution in [2.24, 2.45) is 5.10 Å². The van der Waals surface area contributed by atoms with Crippen LogP contribution < -0.4 is 10.2 Å². The summed E-state index contributed by atoms with van der Waals surface area (Å²) >= 11 is 3.26. The Morgan fingerprint density at radius 1 is 1.04 bits per heavy atom. The Morgan fingerprint density at radius 3 is 2.43 bits per heavy atom. The maximum atomic E-state index is 12.1.